The molecule has 23 heavy (non-hydrogen) atoms. The average molecular weight is 333 g/mol. The second-order valence-electron chi connectivity index (χ2n) is 6.29. The molecule has 2 aromatic rings. The van der Waals surface area contributed by atoms with Crippen LogP contribution in [0, 0.1) is 12.8 Å². The monoisotopic (exact) mass is 332 g/mol. The van der Waals surface area contributed by atoms with Gasteiger partial charge in [0.2, 0.25) is 0 Å². The maximum absolute atomic E-state index is 13.0. The van der Waals surface area contributed by atoms with E-state index in [9.17, 15) is 4.79 Å². The zero-order valence-electron chi connectivity index (χ0n) is 13.1. The van der Waals surface area contributed by atoms with Gasteiger partial charge in [-0.1, -0.05) is 11.6 Å². The van der Waals surface area contributed by atoms with Crippen LogP contribution >= 0.6 is 12.4 Å². The van der Waals surface area contributed by atoms with Crippen molar-refractivity contribution in [1.82, 2.24) is 20.0 Å². The predicted molar refractivity (Wildman–Crippen MR) is 91.4 cm³/mol. The fraction of sp³-hybridized carbons (Fsp3) is 0.412. The molecule has 0 aliphatic carbocycles. The summed E-state index contributed by atoms with van der Waals surface area (Å²) in [6, 6.07) is 8.32. The third kappa shape index (κ3) is 2.86. The Morgan fingerprint density at radius 1 is 1.39 bits per heavy atom. The summed E-state index contributed by atoms with van der Waals surface area (Å²) in [6.45, 7) is 4.79. The lowest BCUT2D eigenvalue weighted by Gasteiger charge is -2.46. The molecule has 2 aliphatic rings. The van der Waals surface area contributed by atoms with Crippen molar-refractivity contribution in [1.29, 1.82) is 0 Å². The van der Waals surface area contributed by atoms with E-state index in [2.05, 4.69) is 10.4 Å². The summed E-state index contributed by atoms with van der Waals surface area (Å²) in [7, 11) is 0. The molecule has 2 aliphatic heterocycles. The van der Waals surface area contributed by atoms with E-state index >= 15 is 0 Å². The van der Waals surface area contributed by atoms with E-state index in [0.717, 1.165) is 48.8 Å². The molecule has 1 amide bonds. The van der Waals surface area contributed by atoms with Gasteiger partial charge in [-0.15, -0.1) is 12.4 Å². The first-order valence-corrected chi connectivity index (χ1v) is 7.86. The lowest BCUT2D eigenvalue weighted by Crippen LogP contribution is -2.62. The standard InChI is InChI=1S/C17H20N4O.ClH/c1-12-3-4-16(21-7-2-6-19-21)14(9-12)17(22)20-8-5-13-10-18-15(13)11-20;/h2-4,6-7,9,13,15,18H,5,8,10-11H2,1H3;1H. The minimum atomic E-state index is 0. The average Bonchev–Trinajstić information content (AvgIpc) is 3.02. The van der Waals surface area contributed by atoms with Crippen molar-refractivity contribution in [3.8, 4) is 5.69 Å². The van der Waals surface area contributed by atoms with Crippen molar-refractivity contribution in [2.45, 2.75) is 19.4 Å². The molecule has 1 N–H and O–H groups in total. The van der Waals surface area contributed by atoms with Crippen LogP contribution in [-0.4, -0.2) is 46.3 Å². The molecule has 3 heterocycles. The van der Waals surface area contributed by atoms with Crippen LogP contribution in [0.1, 0.15) is 22.3 Å². The van der Waals surface area contributed by atoms with Gasteiger partial charge in [0.05, 0.1) is 11.3 Å². The first kappa shape index (κ1) is 16.0. The van der Waals surface area contributed by atoms with Crippen LogP contribution in [0.3, 0.4) is 0 Å². The van der Waals surface area contributed by atoms with Crippen LogP contribution < -0.4 is 5.32 Å². The molecular formula is C17H21ClN4O. The van der Waals surface area contributed by atoms with Crippen LogP contribution in [0.15, 0.2) is 36.7 Å². The third-order valence-corrected chi connectivity index (χ3v) is 4.82. The summed E-state index contributed by atoms with van der Waals surface area (Å²) in [4.78, 5) is 15.0. The number of carbonyl (C=O) groups excluding carboxylic acids is 1. The number of nitrogens with one attached hydrogen (secondary N) is 1. The highest BCUT2D eigenvalue weighted by molar-refractivity contribution is 5.98. The number of nitrogens with zero attached hydrogens (tertiary/aromatic N) is 3. The highest BCUT2D eigenvalue weighted by atomic mass is 35.5. The number of halogens is 1. The molecule has 2 fully saturated rings. The number of piperidine rings is 1. The fourth-order valence-corrected chi connectivity index (χ4v) is 3.41. The molecule has 0 bridgehead atoms. The first-order valence-electron chi connectivity index (χ1n) is 7.86. The molecule has 0 radical (unpaired) electrons. The Bertz CT molecular complexity index is 701. The molecule has 1 aromatic heterocycles. The second-order valence-corrected chi connectivity index (χ2v) is 6.29. The Morgan fingerprint density at radius 2 is 2.26 bits per heavy atom. The number of likely N-dealkylation sites (tertiary alicyclic amines) is 1. The summed E-state index contributed by atoms with van der Waals surface area (Å²) >= 11 is 0. The van der Waals surface area contributed by atoms with Crippen LogP contribution in [-0.2, 0) is 0 Å². The van der Waals surface area contributed by atoms with Gasteiger partial charge in [0.15, 0.2) is 0 Å². The van der Waals surface area contributed by atoms with Gasteiger partial charge in [-0.25, -0.2) is 4.68 Å². The largest absolute Gasteiger partial charge is 0.337 e. The van der Waals surface area contributed by atoms with Crippen LogP contribution in [0.25, 0.3) is 5.69 Å². The summed E-state index contributed by atoms with van der Waals surface area (Å²) in [5, 5.41) is 7.70. The van der Waals surface area contributed by atoms with Gasteiger partial charge in [-0.2, -0.15) is 5.10 Å². The number of hydrogen-bond acceptors (Lipinski definition) is 3. The van der Waals surface area contributed by atoms with Crippen LogP contribution in [0.4, 0.5) is 0 Å². The highest BCUT2D eigenvalue weighted by Gasteiger charge is 2.37. The number of aromatic nitrogens is 2. The van der Waals surface area contributed by atoms with Gasteiger partial charge >= 0.3 is 0 Å². The number of amides is 1. The molecule has 2 saturated heterocycles. The maximum Gasteiger partial charge on any atom is 0.256 e. The quantitative estimate of drug-likeness (QED) is 0.915. The highest BCUT2D eigenvalue weighted by Crippen LogP contribution is 2.26. The molecule has 0 saturated carbocycles. The van der Waals surface area contributed by atoms with E-state index in [-0.39, 0.29) is 18.3 Å². The van der Waals surface area contributed by atoms with Gasteiger partial charge in [-0.05, 0) is 44.0 Å². The zero-order chi connectivity index (χ0) is 15.1. The number of hydrogen-bond donors (Lipinski definition) is 1. The first-order chi connectivity index (χ1) is 10.7. The molecule has 2 unspecified atom stereocenters. The predicted octanol–water partition coefficient (Wildman–Crippen LogP) is 2.04. The van der Waals surface area contributed by atoms with Crippen molar-refractivity contribution in [3.63, 3.8) is 0 Å². The molecular weight excluding hydrogens is 312 g/mol. The maximum atomic E-state index is 13.0. The number of fused-ring (bicyclic) bond motifs is 1. The Balaban J connectivity index is 0.00000156. The molecule has 6 heteroatoms. The summed E-state index contributed by atoms with van der Waals surface area (Å²) in [6.07, 6.45) is 4.71. The molecule has 122 valence electrons. The summed E-state index contributed by atoms with van der Waals surface area (Å²) < 4.78 is 1.76. The number of carbonyl (C=O) groups is 1. The fourth-order valence-electron chi connectivity index (χ4n) is 3.41. The van der Waals surface area contributed by atoms with Crippen molar-refractivity contribution < 1.29 is 4.79 Å². The van der Waals surface area contributed by atoms with E-state index in [1.807, 2.05) is 42.3 Å². The Hall–Kier alpha value is -1.85. The van der Waals surface area contributed by atoms with Crippen molar-refractivity contribution in [3.05, 3.63) is 47.8 Å². The Kier molecular flexibility index (Phi) is 4.41. The topological polar surface area (TPSA) is 50.2 Å². The third-order valence-electron chi connectivity index (χ3n) is 4.82. The Labute approximate surface area is 142 Å². The Morgan fingerprint density at radius 3 is 2.91 bits per heavy atom. The molecule has 2 atom stereocenters. The number of rotatable bonds is 2. The number of aryl methyl sites for hydroxylation is 1. The van der Waals surface area contributed by atoms with Gasteiger partial charge in [0, 0.05) is 31.5 Å². The SMILES string of the molecule is Cc1ccc(-n2cccn2)c(C(=O)N2CCC3CNC3C2)c1.Cl. The van der Waals surface area contributed by atoms with E-state index in [1.54, 1.807) is 10.9 Å². The molecule has 5 nitrogen and oxygen atoms in total. The van der Waals surface area contributed by atoms with E-state index in [0.29, 0.717) is 6.04 Å². The van der Waals surface area contributed by atoms with Gasteiger partial charge in [0.25, 0.3) is 5.91 Å². The molecule has 4 rings (SSSR count). The van der Waals surface area contributed by atoms with E-state index in [1.165, 1.54) is 0 Å². The minimum absolute atomic E-state index is 0. The molecule has 1 aromatic carbocycles. The van der Waals surface area contributed by atoms with Crippen LogP contribution in [0.5, 0.6) is 0 Å². The second kappa shape index (κ2) is 6.34. The zero-order valence-corrected chi connectivity index (χ0v) is 13.9. The van der Waals surface area contributed by atoms with Gasteiger partial charge in [0.1, 0.15) is 0 Å². The molecule has 0 spiro atoms. The number of benzene rings is 1. The van der Waals surface area contributed by atoms with Gasteiger partial charge in [-0.3, -0.25) is 4.79 Å². The van der Waals surface area contributed by atoms with Crippen molar-refractivity contribution in [2.75, 3.05) is 19.6 Å². The lowest BCUT2D eigenvalue weighted by molar-refractivity contribution is 0.0518. The van der Waals surface area contributed by atoms with Crippen LogP contribution in [0.2, 0.25) is 0 Å². The normalized spacial score (nSPS) is 22.7. The van der Waals surface area contributed by atoms with Crippen molar-refractivity contribution >= 4 is 18.3 Å². The van der Waals surface area contributed by atoms with Crippen molar-refractivity contribution in [2.24, 2.45) is 5.92 Å². The summed E-state index contributed by atoms with van der Waals surface area (Å²) in [5.74, 6) is 0.869. The lowest BCUT2D eigenvalue weighted by atomic mass is 9.84. The van der Waals surface area contributed by atoms with E-state index in [4.69, 9.17) is 0 Å². The van der Waals surface area contributed by atoms with Gasteiger partial charge < -0.3 is 10.2 Å². The van der Waals surface area contributed by atoms with E-state index < -0.39 is 0 Å². The summed E-state index contributed by atoms with van der Waals surface area (Å²) in [5.41, 5.74) is 2.68. The minimum Gasteiger partial charge on any atom is -0.337 e. The smallest absolute Gasteiger partial charge is 0.256 e.